The number of hydrogen-bond acceptors (Lipinski definition) is 6. The Morgan fingerprint density at radius 1 is 1.18 bits per heavy atom. The lowest BCUT2D eigenvalue weighted by Crippen LogP contribution is -2.49. The average molecular weight is 408 g/mol. The Labute approximate surface area is 166 Å². The third-order valence-corrected chi connectivity index (χ3v) is 5.45. The molecule has 0 amide bonds. The third kappa shape index (κ3) is 4.13. The van der Waals surface area contributed by atoms with Crippen LogP contribution in [0.4, 0.5) is 5.82 Å². The van der Waals surface area contributed by atoms with Crippen molar-refractivity contribution >= 4 is 29.4 Å². The molecular weight excluding hydrogens is 386 g/mol. The van der Waals surface area contributed by atoms with Crippen LogP contribution in [0.5, 0.6) is 0 Å². The Kier molecular flexibility index (Phi) is 5.90. The molecule has 1 aliphatic heterocycles. The van der Waals surface area contributed by atoms with Crippen molar-refractivity contribution in [3.05, 3.63) is 34.9 Å². The van der Waals surface area contributed by atoms with E-state index < -0.39 is 11.9 Å². The second-order valence-corrected chi connectivity index (χ2v) is 7.56. The fourth-order valence-corrected chi connectivity index (χ4v) is 4.05. The number of hydrogen-bond donors (Lipinski definition) is 3. The summed E-state index contributed by atoms with van der Waals surface area (Å²) in [5, 5.41) is 21.8. The maximum atomic E-state index is 11.9. The largest absolute Gasteiger partial charge is 0.481 e. The zero-order valence-electron chi connectivity index (χ0n) is 15.3. The molecule has 0 spiro atoms. The first-order chi connectivity index (χ1) is 13.3. The number of halogens is 1. The maximum absolute atomic E-state index is 11.9. The highest BCUT2D eigenvalue weighted by Gasteiger charge is 2.42. The molecule has 2 bridgehead atoms. The summed E-state index contributed by atoms with van der Waals surface area (Å²) >= 11 is 5.90. The molecule has 0 radical (unpaired) electrons. The van der Waals surface area contributed by atoms with Gasteiger partial charge in [0.2, 0.25) is 0 Å². The average Bonchev–Trinajstić information content (AvgIpc) is 3.13. The molecule has 9 heteroatoms. The molecule has 2 aromatic rings. The fraction of sp³-hybridized carbons (Fsp3) is 0.421. The van der Waals surface area contributed by atoms with Gasteiger partial charge in [-0.25, -0.2) is 4.79 Å². The van der Waals surface area contributed by atoms with Crippen LogP contribution < -0.4 is 10.6 Å². The highest BCUT2D eigenvalue weighted by Crippen LogP contribution is 2.40. The number of benzene rings is 1. The minimum atomic E-state index is -1.04. The van der Waals surface area contributed by atoms with Crippen molar-refractivity contribution < 1.29 is 24.3 Å². The summed E-state index contributed by atoms with van der Waals surface area (Å²) in [6.45, 7) is 2.54. The molecule has 150 valence electrons. The summed E-state index contributed by atoms with van der Waals surface area (Å²) in [5.74, 6) is -0.437. The molecule has 2 aliphatic rings. The molecule has 3 atom stereocenters. The van der Waals surface area contributed by atoms with E-state index in [0.717, 1.165) is 32.9 Å². The SMILES string of the molecule is CC(=O)O.NC1[C@@H]2CC[C@H]1CN(c1noc(-c3ccc(Cl)cc3)c1C(=O)O)C2. The summed E-state index contributed by atoms with van der Waals surface area (Å²) in [7, 11) is 0. The van der Waals surface area contributed by atoms with Gasteiger partial charge in [0.1, 0.15) is 0 Å². The number of piperidine rings is 1. The number of fused-ring (bicyclic) bond motifs is 2. The van der Waals surface area contributed by atoms with Gasteiger partial charge in [0, 0.05) is 36.6 Å². The second kappa shape index (κ2) is 8.20. The Bertz CT molecular complexity index is 849. The van der Waals surface area contributed by atoms with Gasteiger partial charge in [-0.1, -0.05) is 16.8 Å². The summed E-state index contributed by atoms with van der Waals surface area (Å²) < 4.78 is 5.41. The van der Waals surface area contributed by atoms with E-state index in [0.29, 0.717) is 28.2 Å². The van der Waals surface area contributed by atoms with Crippen molar-refractivity contribution in [2.45, 2.75) is 25.8 Å². The molecule has 4 N–H and O–H groups in total. The second-order valence-electron chi connectivity index (χ2n) is 7.12. The van der Waals surface area contributed by atoms with E-state index in [1.54, 1.807) is 24.3 Å². The highest BCUT2D eigenvalue weighted by atomic mass is 35.5. The molecule has 1 aromatic heterocycles. The Morgan fingerprint density at radius 2 is 1.71 bits per heavy atom. The number of carboxylic acid groups (broad SMARTS) is 2. The van der Waals surface area contributed by atoms with Crippen molar-refractivity contribution in [3.63, 3.8) is 0 Å². The van der Waals surface area contributed by atoms with Gasteiger partial charge >= 0.3 is 5.97 Å². The Balaban J connectivity index is 0.000000516. The molecule has 28 heavy (non-hydrogen) atoms. The van der Waals surface area contributed by atoms with Gasteiger partial charge in [-0.3, -0.25) is 4.79 Å². The quantitative estimate of drug-likeness (QED) is 0.707. The van der Waals surface area contributed by atoms with E-state index in [1.165, 1.54) is 0 Å². The predicted molar refractivity (Wildman–Crippen MR) is 104 cm³/mol. The monoisotopic (exact) mass is 407 g/mol. The van der Waals surface area contributed by atoms with Crippen LogP contribution >= 0.6 is 11.6 Å². The minimum Gasteiger partial charge on any atom is -0.481 e. The van der Waals surface area contributed by atoms with E-state index in [9.17, 15) is 9.90 Å². The number of carboxylic acids is 2. The molecule has 2 fully saturated rings. The first-order valence-corrected chi connectivity index (χ1v) is 9.34. The van der Waals surface area contributed by atoms with E-state index in [1.807, 2.05) is 4.90 Å². The van der Waals surface area contributed by atoms with Gasteiger partial charge in [0.15, 0.2) is 17.1 Å². The van der Waals surface area contributed by atoms with Gasteiger partial charge in [-0.05, 0) is 48.9 Å². The molecule has 1 unspecified atom stereocenters. The molecule has 1 aliphatic carbocycles. The van der Waals surface area contributed by atoms with Crippen molar-refractivity contribution in [2.24, 2.45) is 17.6 Å². The first kappa shape index (κ1) is 20.2. The zero-order valence-corrected chi connectivity index (χ0v) is 16.1. The fourth-order valence-electron chi connectivity index (χ4n) is 3.93. The van der Waals surface area contributed by atoms with E-state index in [2.05, 4.69) is 5.16 Å². The highest BCUT2D eigenvalue weighted by molar-refractivity contribution is 6.30. The number of aromatic carboxylic acids is 1. The van der Waals surface area contributed by atoms with Crippen LogP contribution in [0.25, 0.3) is 11.3 Å². The van der Waals surface area contributed by atoms with Crippen LogP contribution in [-0.2, 0) is 4.79 Å². The van der Waals surface area contributed by atoms with Crippen molar-refractivity contribution in [1.29, 1.82) is 0 Å². The zero-order chi connectivity index (χ0) is 20.4. The van der Waals surface area contributed by atoms with Gasteiger partial charge in [0.05, 0.1) is 0 Å². The molecule has 1 saturated carbocycles. The standard InChI is InChI=1S/C17H18ClN3O3.C2H4O2/c18-12-5-3-9(4-6-12)15-13(17(22)23)16(20-24-15)21-7-10-1-2-11(8-21)14(10)19;1-2(3)4/h3-6,10-11,14H,1-2,7-8,19H2,(H,22,23);1H3,(H,3,4)/t10-,11+,14?;. The van der Waals surface area contributed by atoms with E-state index in [4.69, 9.17) is 31.8 Å². The van der Waals surface area contributed by atoms with Crippen LogP contribution in [0.2, 0.25) is 5.02 Å². The van der Waals surface area contributed by atoms with Crippen LogP contribution in [0.1, 0.15) is 30.1 Å². The van der Waals surface area contributed by atoms with E-state index in [-0.39, 0.29) is 17.4 Å². The van der Waals surface area contributed by atoms with Gasteiger partial charge in [-0.15, -0.1) is 0 Å². The number of aromatic nitrogens is 1. The predicted octanol–water partition coefficient (Wildman–Crippen LogP) is 2.96. The van der Waals surface area contributed by atoms with E-state index >= 15 is 0 Å². The number of carbonyl (C=O) groups is 2. The third-order valence-electron chi connectivity index (χ3n) is 5.20. The summed E-state index contributed by atoms with van der Waals surface area (Å²) in [6, 6.07) is 7.07. The number of anilines is 1. The Morgan fingerprint density at radius 3 is 2.21 bits per heavy atom. The topological polar surface area (TPSA) is 130 Å². The van der Waals surface area contributed by atoms with Crippen LogP contribution in [-0.4, -0.2) is 46.4 Å². The van der Waals surface area contributed by atoms with Crippen molar-refractivity contribution in [3.8, 4) is 11.3 Å². The molecule has 8 nitrogen and oxygen atoms in total. The molecule has 4 rings (SSSR count). The van der Waals surface area contributed by atoms with Crippen LogP contribution in [0.3, 0.4) is 0 Å². The Hall–Kier alpha value is -2.58. The lowest BCUT2D eigenvalue weighted by atomic mass is 9.93. The number of rotatable bonds is 3. The van der Waals surface area contributed by atoms with Crippen molar-refractivity contribution in [1.82, 2.24) is 5.16 Å². The summed E-state index contributed by atoms with van der Waals surface area (Å²) in [6.07, 6.45) is 2.18. The lowest BCUT2D eigenvalue weighted by Gasteiger charge is -2.36. The van der Waals surface area contributed by atoms with Gasteiger partial charge in [0.25, 0.3) is 5.97 Å². The van der Waals surface area contributed by atoms with Crippen molar-refractivity contribution in [2.75, 3.05) is 18.0 Å². The van der Waals surface area contributed by atoms with Crippen LogP contribution in [0, 0.1) is 11.8 Å². The van der Waals surface area contributed by atoms with Gasteiger partial charge < -0.3 is 25.4 Å². The number of nitrogens with zero attached hydrogens (tertiary/aromatic N) is 2. The maximum Gasteiger partial charge on any atom is 0.343 e. The van der Waals surface area contributed by atoms with Gasteiger partial charge in [-0.2, -0.15) is 0 Å². The molecular formula is C19H22ClN3O5. The smallest absolute Gasteiger partial charge is 0.343 e. The van der Waals surface area contributed by atoms with Crippen LogP contribution in [0.15, 0.2) is 28.8 Å². The lowest BCUT2D eigenvalue weighted by molar-refractivity contribution is -0.134. The number of aliphatic carboxylic acids is 1. The molecule has 1 aromatic carbocycles. The minimum absolute atomic E-state index is 0.104. The summed E-state index contributed by atoms with van der Waals surface area (Å²) in [5.41, 5.74) is 6.98. The normalized spacial score (nSPS) is 23.1. The molecule has 1 saturated heterocycles. The molecule has 2 heterocycles. The number of nitrogens with two attached hydrogens (primary N) is 1. The first-order valence-electron chi connectivity index (χ1n) is 8.97. The summed E-state index contributed by atoms with van der Waals surface area (Å²) in [4.78, 5) is 22.9.